The van der Waals surface area contributed by atoms with Crippen LogP contribution in [-0.4, -0.2) is 54.3 Å². The number of piperazine rings is 1. The number of nitrogens with zero attached hydrogens (tertiary/aromatic N) is 2. The third-order valence-electron chi connectivity index (χ3n) is 7.01. The summed E-state index contributed by atoms with van der Waals surface area (Å²) in [5, 5.41) is 0. The number of hydrogen-bond acceptors (Lipinski definition) is 6. The number of hydrogen-bond donors (Lipinski definition) is 0. The van der Waals surface area contributed by atoms with Crippen molar-refractivity contribution < 1.29 is 19.1 Å². The molecule has 7 heteroatoms. The molecule has 172 valence electrons. The summed E-state index contributed by atoms with van der Waals surface area (Å²) >= 11 is 3.53. The number of carbonyl (C=O) groups is 2. The molecule has 6 rings (SSSR count). The van der Waals surface area contributed by atoms with Crippen molar-refractivity contribution in [2.24, 2.45) is 0 Å². The van der Waals surface area contributed by atoms with Crippen molar-refractivity contribution in [2.75, 3.05) is 33.0 Å². The van der Waals surface area contributed by atoms with Crippen LogP contribution in [0.2, 0.25) is 0 Å². The molecule has 3 aromatic rings. The van der Waals surface area contributed by atoms with Crippen LogP contribution in [0.1, 0.15) is 31.8 Å². The molecule has 1 fully saturated rings. The molecule has 0 bridgehead atoms. The van der Waals surface area contributed by atoms with Gasteiger partial charge in [0.15, 0.2) is 28.6 Å². The average molecular weight is 519 g/mol. The minimum absolute atomic E-state index is 0.129. The van der Waals surface area contributed by atoms with Gasteiger partial charge in [0.25, 0.3) is 0 Å². The molecule has 2 aliphatic heterocycles. The van der Waals surface area contributed by atoms with E-state index in [4.69, 9.17) is 9.47 Å². The second kappa shape index (κ2) is 8.34. The summed E-state index contributed by atoms with van der Waals surface area (Å²) in [5.74, 6) is 1.30. The van der Waals surface area contributed by atoms with Gasteiger partial charge < -0.3 is 9.47 Å². The SMILES string of the molecule is O=C1c2ccccc2C(=O)C1(c1cccc(Br)c1)N1CCN(Cc2ccc3c(c2)OCO3)CC1. The molecule has 0 atom stereocenters. The molecule has 0 radical (unpaired) electrons. The Hall–Kier alpha value is -3.00. The van der Waals surface area contributed by atoms with E-state index in [-0.39, 0.29) is 18.4 Å². The number of rotatable bonds is 4. The highest BCUT2D eigenvalue weighted by atomic mass is 79.9. The van der Waals surface area contributed by atoms with Crippen molar-refractivity contribution >= 4 is 27.5 Å². The van der Waals surface area contributed by atoms with Crippen LogP contribution in [0.4, 0.5) is 0 Å². The standard InChI is InChI=1S/C27H23BrN2O4/c28-20-5-3-4-19(15-20)27(25(31)21-6-1-2-7-22(21)26(27)32)30-12-10-29(11-13-30)16-18-8-9-23-24(14-18)34-17-33-23/h1-9,14-15H,10-13,16-17H2. The van der Waals surface area contributed by atoms with Gasteiger partial charge in [-0.15, -0.1) is 0 Å². The highest BCUT2D eigenvalue weighted by molar-refractivity contribution is 9.10. The topological polar surface area (TPSA) is 59.1 Å². The summed E-state index contributed by atoms with van der Waals surface area (Å²) in [6, 6.07) is 20.8. The maximum atomic E-state index is 13.9. The Morgan fingerprint density at radius 1 is 0.794 bits per heavy atom. The quantitative estimate of drug-likeness (QED) is 0.480. The monoisotopic (exact) mass is 518 g/mol. The van der Waals surface area contributed by atoms with Crippen molar-refractivity contribution in [3.05, 3.63) is 93.5 Å². The lowest BCUT2D eigenvalue weighted by atomic mass is 9.82. The van der Waals surface area contributed by atoms with Crippen LogP contribution in [0.3, 0.4) is 0 Å². The number of benzene rings is 3. The van der Waals surface area contributed by atoms with Crippen LogP contribution >= 0.6 is 15.9 Å². The fourth-order valence-electron chi connectivity index (χ4n) is 5.36. The Bertz CT molecular complexity index is 1260. The number of halogens is 1. The van der Waals surface area contributed by atoms with E-state index < -0.39 is 5.54 Å². The first kappa shape index (κ1) is 21.5. The summed E-state index contributed by atoms with van der Waals surface area (Å²) in [5.41, 5.74) is 1.57. The zero-order chi connectivity index (χ0) is 23.3. The molecule has 0 saturated carbocycles. The van der Waals surface area contributed by atoms with Crippen molar-refractivity contribution in [1.82, 2.24) is 9.80 Å². The molecule has 1 saturated heterocycles. The predicted molar refractivity (Wildman–Crippen MR) is 130 cm³/mol. The Morgan fingerprint density at radius 2 is 1.50 bits per heavy atom. The number of Topliss-reactive ketones (excluding diaryl/α,β-unsaturated/α-hetero) is 2. The van der Waals surface area contributed by atoms with Crippen LogP contribution in [0.5, 0.6) is 11.5 Å². The van der Waals surface area contributed by atoms with E-state index in [0.717, 1.165) is 46.7 Å². The van der Waals surface area contributed by atoms with Crippen molar-refractivity contribution in [3.63, 3.8) is 0 Å². The van der Waals surface area contributed by atoms with E-state index >= 15 is 0 Å². The van der Waals surface area contributed by atoms with Gasteiger partial charge in [0.1, 0.15) is 0 Å². The van der Waals surface area contributed by atoms with Crippen molar-refractivity contribution in [2.45, 2.75) is 12.1 Å². The molecule has 0 spiro atoms. The third kappa shape index (κ3) is 3.30. The number of ketones is 2. The van der Waals surface area contributed by atoms with E-state index in [1.807, 2.05) is 48.5 Å². The molecule has 3 aliphatic rings. The van der Waals surface area contributed by atoms with Gasteiger partial charge in [0.05, 0.1) is 0 Å². The fourth-order valence-corrected chi connectivity index (χ4v) is 5.76. The van der Waals surface area contributed by atoms with E-state index in [0.29, 0.717) is 24.2 Å². The summed E-state index contributed by atoms with van der Waals surface area (Å²) in [4.78, 5) is 32.2. The number of ether oxygens (including phenoxy) is 2. The molecular formula is C27H23BrN2O4. The van der Waals surface area contributed by atoms with E-state index in [2.05, 4.69) is 31.8 Å². The second-order valence-electron chi connectivity index (χ2n) is 8.88. The molecule has 0 aromatic heterocycles. The van der Waals surface area contributed by atoms with Gasteiger partial charge in [-0.3, -0.25) is 19.4 Å². The summed E-state index contributed by atoms with van der Waals surface area (Å²) < 4.78 is 11.8. The zero-order valence-corrected chi connectivity index (χ0v) is 20.1. The zero-order valence-electron chi connectivity index (χ0n) is 18.5. The van der Waals surface area contributed by atoms with Crippen molar-refractivity contribution in [3.8, 4) is 11.5 Å². The molecule has 0 unspecified atom stereocenters. The normalized spacial score (nSPS) is 19.4. The Kier molecular flexibility index (Phi) is 5.28. The highest BCUT2D eigenvalue weighted by Gasteiger charge is 2.58. The molecule has 0 N–H and O–H groups in total. The smallest absolute Gasteiger partial charge is 0.231 e. The van der Waals surface area contributed by atoms with E-state index in [1.54, 1.807) is 12.1 Å². The van der Waals surface area contributed by atoms with Gasteiger partial charge in [-0.2, -0.15) is 0 Å². The van der Waals surface area contributed by atoms with Crippen LogP contribution < -0.4 is 9.47 Å². The predicted octanol–water partition coefficient (Wildman–Crippen LogP) is 4.27. The summed E-state index contributed by atoms with van der Waals surface area (Å²) in [6.07, 6.45) is 0. The van der Waals surface area contributed by atoms with E-state index in [1.165, 1.54) is 0 Å². The maximum absolute atomic E-state index is 13.9. The molecule has 34 heavy (non-hydrogen) atoms. The molecule has 6 nitrogen and oxygen atoms in total. The Morgan fingerprint density at radius 3 is 2.21 bits per heavy atom. The maximum Gasteiger partial charge on any atom is 0.231 e. The summed E-state index contributed by atoms with van der Waals surface area (Å²) in [6.45, 7) is 3.77. The molecule has 0 amide bonds. The summed E-state index contributed by atoms with van der Waals surface area (Å²) in [7, 11) is 0. The Labute approximate surface area is 206 Å². The van der Waals surface area contributed by atoms with Gasteiger partial charge in [0, 0.05) is 48.3 Å². The first-order valence-electron chi connectivity index (χ1n) is 11.4. The van der Waals surface area contributed by atoms with Crippen LogP contribution in [0.15, 0.2) is 71.2 Å². The first-order valence-corrected chi connectivity index (χ1v) is 12.2. The largest absolute Gasteiger partial charge is 0.454 e. The fraction of sp³-hybridized carbons (Fsp3) is 0.259. The molecule has 2 heterocycles. The number of fused-ring (bicyclic) bond motifs is 2. The van der Waals surface area contributed by atoms with Gasteiger partial charge in [0.2, 0.25) is 6.79 Å². The van der Waals surface area contributed by atoms with Crippen molar-refractivity contribution in [1.29, 1.82) is 0 Å². The van der Waals surface area contributed by atoms with Gasteiger partial charge in [-0.25, -0.2) is 0 Å². The van der Waals surface area contributed by atoms with Gasteiger partial charge in [-0.05, 0) is 35.4 Å². The Balaban J connectivity index is 1.29. The average Bonchev–Trinajstić information content (AvgIpc) is 3.41. The van der Waals surface area contributed by atoms with Crippen LogP contribution in [0.25, 0.3) is 0 Å². The first-order chi connectivity index (χ1) is 16.6. The van der Waals surface area contributed by atoms with Gasteiger partial charge >= 0.3 is 0 Å². The lowest BCUT2D eigenvalue weighted by molar-refractivity contribution is 0.0279. The highest BCUT2D eigenvalue weighted by Crippen LogP contribution is 2.43. The third-order valence-corrected chi connectivity index (χ3v) is 7.50. The van der Waals surface area contributed by atoms with Crippen LogP contribution in [0, 0.1) is 0 Å². The minimum atomic E-state index is -1.32. The molecular weight excluding hydrogens is 496 g/mol. The lowest BCUT2D eigenvalue weighted by Gasteiger charge is -2.44. The minimum Gasteiger partial charge on any atom is -0.454 e. The number of carbonyl (C=O) groups excluding carboxylic acids is 2. The molecule has 3 aromatic carbocycles. The van der Waals surface area contributed by atoms with Crippen LogP contribution in [-0.2, 0) is 12.1 Å². The lowest BCUT2D eigenvalue weighted by Crippen LogP contribution is -2.60. The second-order valence-corrected chi connectivity index (χ2v) is 9.79. The van der Waals surface area contributed by atoms with E-state index in [9.17, 15) is 9.59 Å². The van der Waals surface area contributed by atoms with Gasteiger partial charge in [-0.1, -0.05) is 58.4 Å². The molecule has 1 aliphatic carbocycles.